The van der Waals surface area contributed by atoms with Crippen molar-refractivity contribution < 1.29 is 57.0 Å². The second-order valence-corrected chi connectivity index (χ2v) is 18.8. The molecule has 7 N–H and O–H groups in total. The number of hydrogen-bond donors (Lipinski definition) is 4. The van der Waals surface area contributed by atoms with Crippen molar-refractivity contribution in [2.45, 2.75) is 50.2 Å². The first-order valence-electron chi connectivity index (χ1n) is 11.9. The summed E-state index contributed by atoms with van der Waals surface area (Å²) in [5, 5.41) is 21.7. The number of aromatic nitrogens is 3. The summed E-state index contributed by atoms with van der Waals surface area (Å²) in [5.41, 5.74) is 17.7. The van der Waals surface area contributed by atoms with Crippen LogP contribution in [0.4, 0.5) is 5.82 Å². The van der Waals surface area contributed by atoms with E-state index in [1.807, 2.05) is 0 Å². The van der Waals surface area contributed by atoms with Crippen molar-refractivity contribution >= 4 is 44.2 Å². The van der Waals surface area contributed by atoms with Crippen LogP contribution in [0.5, 0.6) is 0 Å². The molecule has 41 heavy (non-hydrogen) atoms. The molecular weight excluding hydrogens is 609 g/mol. The fraction of sp³-hybridized carbons (Fsp3) is 0.550. The van der Waals surface area contributed by atoms with Crippen molar-refractivity contribution in [3.05, 3.63) is 18.1 Å². The number of nitrogen functional groups attached to an aromatic ring is 1. The molecule has 0 amide bonds. The number of unbranched alkanes of at least 4 members (excludes halogenated alkanes) is 1. The van der Waals surface area contributed by atoms with Gasteiger partial charge in [-0.25, -0.2) is 0 Å². The summed E-state index contributed by atoms with van der Waals surface area (Å²) in [6, 6.07) is -0.815. The Morgan fingerprint density at radius 3 is 2.63 bits per heavy atom. The summed E-state index contributed by atoms with van der Waals surface area (Å²) in [5.74, 6) is 4.89. The second-order valence-electron chi connectivity index (χ2n) is 8.79. The Kier molecular flexibility index (Phi) is 10.9. The van der Waals surface area contributed by atoms with Crippen LogP contribution >= 0.6 is 21.4 Å². The van der Waals surface area contributed by atoms with E-state index in [-0.39, 0.29) is 24.5 Å². The second kappa shape index (κ2) is 13.6. The van der Waals surface area contributed by atoms with Crippen molar-refractivity contribution in [2.24, 2.45) is 11.5 Å². The van der Waals surface area contributed by atoms with E-state index in [2.05, 4.69) is 31.0 Å². The van der Waals surface area contributed by atoms with E-state index in [0.717, 1.165) is 12.7 Å². The minimum atomic E-state index is -6.91. The zero-order chi connectivity index (χ0) is 30.4. The van der Waals surface area contributed by atoms with Crippen LogP contribution in [0.1, 0.15) is 37.5 Å². The van der Waals surface area contributed by atoms with E-state index >= 15 is 0 Å². The van der Waals surface area contributed by atoms with E-state index < -0.39 is 58.5 Å². The molecule has 0 radical (unpaired) electrons. The van der Waals surface area contributed by atoms with Crippen LogP contribution in [-0.2, 0) is 41.7 Å². The molecule has 1 unspecified atom stereocenters. The molecule has 3 heterocycles. The molecule has 0 aliphatic carbocycles. The van der Waals surface area contributed by atoms with Gasteiger partial charge in [0.1, 0.15) is 6.04 Å². The molecule has 4 atom stereocenters. The van der Waals surface area contributed by atoms with Crippen LogP contribution < -0.4 is 27.4 Å². The van der Waals surface area contributed by atoms with Gasteiger partial charge in [-0.3, -0.25) is 4.79 Å². The van der Waals surface area contributed by atoms with Crippen LogP contribution in [0.2, 0.25) is 0 Å². The van der Waals surface area contributed by atoms with Gasteiger partial charge in [-0.1, -0.05) is 6.42 Å². The average molecular weight is 636 g/mol. The fourth-order valence-corrected chi connectivity index (χ4v) is 7.45. The van der Waals surface area contributed by atoms with Gasteiger partial charge in [-0.05, 0) is 19.4 Å². The van der Waals surface area contributed by atoms with Gasteiger partial charge in [0.05, 0.1) is 0 Å². The Morgan fingerprint density at radius 2 is 2.00 bits per heavy atom. The third-order valence-corrected chi connectivity index (χ3v) is 15.0. The summed E-state index contributed by atoms with van der Waals surface area (Å²) >= 11 is 0. The third-order valence-electron chi connectivity index (χ3n) is 6.07. The zero-order valence-corrected chi connectivity index (χ0v) is 24.0. The maximum atomic E-state index is 12.5. The molecule has 0 aromatic carbocycles. The SMILES string of the molecule is NCCCCC(N)C(=O)OCC#Cc1cn([C@H]2C[C@H](O)[C@@H](COP([O-])(O[O-])(P(=O)=O)P(=O)=O)O2)c2ncnc(N)c12. The molecule has 0 saturated carbocycles. The van der Waals surface area contributed by atoms with Gasteiger partial charge in [-0.15, -0.1) is 0 Å². The molecule has 1 aliphatic rings. The van der Waals surface area contributed by atoms with E-state index in [0.29, 0.717) is 30.3 Å². The van der Waals surface area contributed by atoms with Crippen LogP contribution in [0.25, 0.3) is 11.0 Å². The Morgan fingerprint density at radius 1 is 1.29 bits per heavy atom. The van der Waals surface area contributed by atoms with Crippen LogP contribution in [-0.4, -0.2) is 63.6 Å². The zero-order valence-electron chi connectivity index (χ0n) is 21.3. The van der Waals surface area contributed by atoms with E-state index in [4.69, 9.17) is 26.7 Å². The standard InChI is InChI=1S/C20H28N6O12P3/c21-6-2-1-5-13(22)20(28)35-7-3-4-12-9-26(19-17(12)18(23)24-11-25-19)16-8-14(27)15(37-16)10-36-41(34,38-29,39(30)31)40(32)33/h9,11,13-16,27,29H,1-2,5-8,10,21-22H2,(H2,23,24,25)/q-1/p-1/t13?,14-,15+,16+/m0/s1. The first-order chi connectivity index (χ1) is 19.4. The molecule has 1 fully saturated rings. The molecule has 1 aliphatic heterocycles. The molecule has 21 heteroatoms. The third kappa shape index (κ3) is 6.89. The molecule has 1 saturated heterocycles. The van der Waals surface area contributed by atoms with Gasteiger partial charge in [0.25, 0.3) is 0 Å². The number of aliphatic hydroxyl groups excluding tert-OH is 1. The van der Waals surface area contributed by atoms with Crippen molar-refractivity contribution in [3.8, 4) is 11.8 Å². The predicted octanol–water partition coefficient (Wildman–Crippen LogP) is -0.844. The normalized spacial score (nSPS) is 20.5. The van der Waals surface area contributed by atoms with Gasteiger partial charge < -0.3 is 11.5 Å². The van der Waals surface area contributed by atoms with Crippen LogP contribution in [0.3, 0.4) is 0 Å². The summed E-state index contributed by atoms with van der Waals surface area (Å²) in [7, 11) is -9.02. The fourth-order valence-electron chi connectivity index (χ4n) is 3.86. The molecule has 3 rings (SSSR count). The molecular formula is C20H27N6O12P3-2. The number of nitrogens with zero attached hydrogens (tertiary/aromatic N) is 3. The van der Waals surface area contributed by atoms with Gasteiger partial charge in [0.2, 0.25) is 0 Å². The Balaban J connectivity index is 1.78. The molecule has 18 nitrogen and oxygen atoms in total. The number of esters is 1. The molecule has 226 valence electrons. The summed E-state index contributed by atoms with van der Waals surface area (Å²) < 4.78 is 65.2. The quantitative estimate of drug-likeness (QED) is 0.0520. The van der Waals surface area contributed by atoms with Crippen molar-refractivity contribution in [1.82, 2.24) is 14.5 Å². The Bertz CT molecular complexity index is 1450. The number of aliphatic hydroxyl groups is 1. The number of anilines is 1. The summed E-state index contributed by atoms with van der Waals surface area (Å²) in [4.78, 5) is 32.6. The van der Waals surface area contributed by atoms with Crippen LogP contribution in [0.15, 0.2) is 12.5 Å². The first kappa shape index (κ1) is 32.9. The molecule has 0 spiro atoms. The number of fused-ring (bicyclic) bond motifs is 1. The van der Waals surface area contributed by atoms with E-state index in [9.17, 15) is 38.3 Å². The first-order valence-corrected chi connectivity index (χ1v) is 17.7. The van der Waals surface area contributed by atoms with Crippen LogP contribution in [0, 0.1) is 11.8 Å². The van der Waals surface area contributed by atoms with Gasteiger partial charge in [0, 0.05) is 0 Å². The monoisotopic (exact) mass is 636 g/mol. The predicted molar refractivity (Wildman–Crippen MR) is 136 cm³/mol. The number of hydrogen-bond acceptors (Lipinski definition) is 17. The number of carbonyl (C=O) groups excluding carboxylic acids is 1. The van der Waals surface area contributed by atoms with Gasteiger partial charge in [0.15, 0.2) is 0 Å². The number of ether oxygens (including phenoxy) is 2. The Hall–Kier alpha value is -2.64. The number of rotatable bonds is 13. The van der Waals surface area contributed by atoms with Crippen molar-refractivity contribution in [3.63, 3.8) is 0 Å². The minimum absolute atomic E-state index is 0.0465. The Labute approximate surface area is 233 Å². The number of carbonyl (C=O) groups is 1. The molecule has 2 aromatic heterocycles. The van der Waals surface area contributed by atoms with E-state index in [1.165, 1.54) is 10.8 Å². The van der Waals surface area contributed by atoms with Crippen molar-refractivity contribution in [2.75, 3.05) is 25.5 Å². The average Bonchev–Trinajstić information content (AvgIpc) is 3.50. The van der Waals surface area contributed by atoms with E-state index in [1.54, 1.807) is 0 Å². The maximum absolute atomic E-state index is 12.5. The molecule has 0 bridgehead atoms. The summed E-state index contributed by atoms with van der Waals surface area (Å²) in [6.07, 6.45) is 0.431. The van der Waals surface area contributed by atoms with Gasteiger partial charge in [-0.2, -0.15) is 0 Å². The van der Waals surface area contributed by atoms with Gasteiger partial charge >= 0.3 is 185 Å². The topological polar surface area (TPSA) is 297 Å². The van der Waals surface area contributed by atoms with Crippen molar-refractivity contribution in [1.29, 1.82) is 0 Å². The number of nitrogens with two attached hydrogens (primary N) is 3. The molecule has 2 aromatic rings. The summed E-state index contributed by atoms with van der Waals surface area (Å²) in [6.45, 7) is -7.79.